The minimum Gasteiger partial charge on any atom is -0.460 e. The summed E-state index contributed by atoms with van der Waals surface area (Å²) >= 11 is 0. The lowest BCUT2D eigenvalue weighted by molar-refractivity contribution is 0.0514. The van der Waals surface area contributed by atoms with E-state index in [1.54, 1.807) is 6.92 Å². The number of nitrogens with one attached hydrogen (secondary N) is 1. The quantitative estimate of drug-likeness (QED) is 0.766. The number of rotatable bonds is 2. The van der Waals surface area contributed by atoms with Crippen molar-refractivity contribution < 1.29 is 13.9 Å². The highest BCUT2D eigenvalue weighted by molar-refractivity contribution is 5.90. The number of aromatic nitrogens is 2. The van der Waals surface area contributed by atoms with Gasteiger partial charge in [0.1, 0.15) is 5.82 Å². The topological polar surface area (TPSA) is 55.0 Å². The van der Waals surface area contributed by atoms with Crippen LogP contribution in [0.4, 0.5) is 4.39 Å². The van der Waals surface area contributed by atoms with E-state index < -0.39 is 5.97 Å². The molecule has 1 N–H and O–H groups in total. The van der Waals surface area contributed by atoms with Gasteiger partial charge in [0, 0.05) is 0 Å². The number of fused-ring (bicyclic) bond motifs is 1. The van der Waals surface area contributed by atoms with Gasteiger partial charge in [-0.1, -0.05) is 0 Å². The van der Waals surface area contributed by atoms with Crippen LogP contribution in [-0.2, 0) is 4.74 Å². The molecule has 1 aromatic heterocycles. The van der Waals surface area contributed by atoms with Crippen molar-refractivity contribution in [2.75, 3.05) is 6.61 Å². The van der Waals surface area contributed by atoms with Gasteiger partial charge in [-0.15, -0.1) is 0 Å². The second-order valence-electron chi connectivity index (χ2n) is 2.97. The van der Waals surface area contributed by atoms with E-state index in [2.05, 4.69) is 9.97 Å². The van der Waals surface area contributed by atoms with Crippen LogP contribution in [0.25, 0.3) is 11.0 Å². The van der Waals surface area contributed by atoms with Crippen LogP contribution in [0.1, 0.15) is 17.5 Å². The molecule has 0 unspecified atom stereocenters. The van der Waals surface area contributed by atoms with E-state index in [1.807, 2.05) is 0 Å². The molecule has 0 bridgehead atoms. The molecular weight excluding hydrogens is 199 g/mol. The number of hydrogen-bond acceptors (Lipinski definition) is 3. The van der Waals surface area contributed by atoms with Crippen LogP contribution in [0.3, 0.4) is 0 Å². The maximum Gasteiger partial charge on any atom is 0.374 e. The molecule has 0 saturated heterocycles. The van der Waals surface area contributed by atoms with Crippen LogP contribution in [0, 0.1) is 5.82 Å². The van der Waals surface area contributed by atoms with Crippen molar-refractivity contribution in [3.63, 3.8) is 0 Å². The highest BCUT2D eigenvalue weighted by Gasteiger charge is 2.12. The average molecular weight is 208 g/mol. The SMILES string of the molecule is CCOC(=O)c1nc2ccc(F)cc2[nH]1. The molecule has 2 aromatic rings. The molecule has 0 aliphatic rings. The Morgan fingerprint density at radius 2 is 2.40 bits per heavy atom. The van der Waals surface area contributed by atoms with Gasteiger partial charge in [0.2, 0.25) is 5.82 Å². The van der Waals surface area contributed by atoms with Crippen LogP contribution in [0.2, 0.25) is 0 Å². The Hall–Kier alpha value is -1.91. The van der Waals surface area contributed by atoms with Gasteiger partial charge in [0.05, 0.1) is 17.6 Å². The number of carbonyl (C=O) groups is 1. The number of nitrogens with zero attached hydrogens (tertiary/aromatic N) is 1. The first-order valence-electron chi connectivity index (χ1n) is 4.53. The van der Waals surface area contributed by atoms with Gasteiger partial charge in [-0.25, -0.2) is 14.2 Å². The molecule has 1 heterocycles. The van der Waals surface area contributed by atoms with E-state index in [-0.39, 0.29) is 18.2 Å². The number of halogens is 1. The third-order valence-corrected chi connectivity index (χ3v) is 1.91. The molecule has 0 amide bonds. The Balaban J connectivity index is 2.42. The first kappa shape index (κ1) is 9.64. The standard InChI is InChI=1S/C10H9FN2O2/c1-2-15-10(14)9-12-7-4-3-6(11)5-8(7)13-9/h3-5H,2H2,1H3,(H,12,13). The molecule has 2 rings (SSSR count). The van der Waals surface area contributed by atoms with Gasteiger partial charge in [0.15, 0.2) is 0 Å². The summed E-state index contributed by atoms with van der Waals surface area (Å²) in [4.78, 5) is 18.0. The number of H-pyrrole nitrogens is 1. The molecule has 15 heavy (non-hydrogen) atoms. The van der Waals surface area contributed by atoms with Gasteiger partial charge < -0.3 is 9.72 Å². The number of ether oxygens (including phenoxy) is 1. The van der Waals surface area contributed by atoms with Gasteiger partial charge in [-0.3, -0.25) is 0 Å². The Labute approximate surface area is 85.1 Å². The fraction of sp³-hybridized carbons (Fsp3) is 0.200. The van der Waals surface area contributed by atoms with Crippen molar-refractivity contribution >= 4 is 17.0 Å². The predicted octanol–water partition coefficient (Wildman–Crippen LogP) is 1.88. The Morgan fingerprint density at radius 3 is 3.13 bits per heavy atom. The molecule has 1 aromatic carbocycles. The third-order valence-electron chi connectivity index (χ3n) is 1.91. The van der Waals surface area contributed by atoms with Crippen LogP contribution >= 0.6 is 0 Å². The number of imidazole rings is 1. The van der Waals surface area contributed by atoms with Crippen molar-refractivity contribution in [3.05, 3.63) is 29.8 Å². The summed E-state index contributed by atoms with van der Waals surface area (Å²) in [7, 11) is 0. The molecule has 0 radical (unpaired) electrons. The van der Waals surface area contributed by atoms with E-state index in [1.165, 1.54) is 18.2 Å². The molecule has 4 nitrogen and oxygen atoms in total. The van der Waals surface area contributed by atoms with Crippen molar-refractivity contribution in [2.24, 2.45) is 0 Å². The minimum atomic E-state index is -0.533. The lowest BCUT2D eigenvalue weighted by Gasteiger charge is -1.95. The zero-order chi connectivity index (χ0) is 10.8. The highest BCUT2D eigenvalue weighted by atomic mass is 19.1. The summed E-state index contributed by atoms with van der Waals surface area (Å²) in [6, 6.07) is 4.08. The summed E-state index contributed by atoms with van der Waals surface area (Å²) in [5.74, 6) is -0.812. The van der Waals surface area contributed by atoms with E-state index >= 15 is 0 Å². The minimum absolute atomic E-state index is 0.0949. The lowest BCUT2D eigenvalue weighted by Crippen LogP contribution is -2.06. The zero-order valence-corrected chi connectivity index (χ0v) is 8.08. The fourth-order valence-electron chi connectivity index (χ4n) is 1.28. The summed E-state index contributed by atoms with van der Waals surface area (Å²) in [5.41, 5.74) is 1.03. The molecule has 0 aliphatic heterocycles. The van der Waals surface area contributed by atoms with E-state index in [0.717, 1.165) is 0 Å². The first-order chi connectivity index (χ1) is 7.20. The van der Waals surface area contributed by atoms with Gasteiger partial charge in [0.25, 0.3) is 0 Å². The molecule has 0 saturated carbocycles. The normalized spacial score (nSPS) is 10.5. The average Bonchev–Trinajstić information content (AvgIpc) is 2.60. The van der Waals surface area contributed by atoms with Crippen molar-refractivity contribution in [3.8, 4) is 0 Å². The van der Waals surface area contributed by atoms with Crippen LogP contribution in [0.5, 0.6) is 0 Å². The van der Waals surface area contributed by atoms with Crippen molar-refractivity contribution in [1.82, 2.24) is 9.97 Å². The van der Waals surface area contributed by atoms with Gasteiger partial charge >= 0.3 is 5.97 Å². The van der Waals surface area contributed by atoms with Gasteiger partial charge in [-0.2, -0.15) is 0 Å². The number of carbonyl (C=O) groups excluding carboxylic acids is 1. The van der Waals surface area contributed by atoms with Gasteiger partial charge in [-0.05, 0) is 25.1 Å². The third kappa shape index (κ3) is 1.81. The zero-order valence-electron chi connectivity index (χ0n) is 8.08. The maximum atomic E-state index is 12.8. The first-order valence-corrected chi connectivity index (χ1v) is 4.53. The number of benzene rings is 1. The highest BCUT2D eigenvalue weighted by Crippen LogP contribution is 2.13. The smallest absolute Gasteiger partial charge is 0.374 e. The Kier molecular flexibility index (Phi) is 2.37. The van der Waals surface area contributed by atoms with E-state index in [9.17, 15) is 9.18 Å². The van der Waals surface area contributed by atoms with E-state index in [0.29, 0.717) is 11.0 Å². The largest absolute Gasteiger partial charge is 0.460 e. The molecule has 0 spiro atoms. The van der Waals surface area contributed by atoms with Crippen LogP contribution < -0.4 is 0 Å². The summed E-state index contributed by atoms with van der Waals surface area (Å²) in [6.45, 7) is 1.99. The van der Waals surface area contributed by atoms with Crippen LogP contribution in [-0.4, -0.2) is 22.5 Å². The second-order valence-corrected chi connectivity index (χ2v) is 2.97. The van der Waals surface area contributed by atoms with E-state index in [4.69, 9.17) is 4.74 Å². The second kappa shape index (κ2) is 3.68. The number of esters is 1. The molecule has 0 aliphatic carbocycles. The summed E-state index contributed by atoms with van der Waals surface area (Å²) < 4.78 is 17.6. The predicted molar refractivity (Wildman–Crippen MR) is 52.0 cm³/mol. The molecule has 5 heteroatoms. The van der Waals surface area contributed by atoms with Crippen LogP contribution in [0.15, 0.2) is 18.2 Å². The fourth-order valence-corrected chi connectivity index (χ4v) is 1.28. The molecule has 78 valence electrons. The van der Waals surface area contributed by atoms with Crippen molar-refractivity contribution in [1.29, 1.82) is 0 Å². The molecule has 0 fully saturated rings. The lowest BCUT2D eigenvalue weighted by atomic mass is 10.3. The monoisotopic (exact) mass is 208 g/mol. The summed E-state index contributed by atoms with van der Waals surface area (Å²) in [6.07, 6.45) is 0. The number of aromatic amines is 1. The van der Waals surface area contributed by atoms with Crippen molar-refractivity contribution in [2.45, 2.75) is 6.92 Å². The maximum absolute atomic E-state index is 12.8. The number of hydrogen-bond donors (Lipinski definition) is 1. The summed E-state index contributed by atoms with van der Waals surface area (Å²) in [5, 5.41) is 0. The molecular formula is C10H9FN2O2. The Bertz CT molecular complexity index is 507. The molecule has 0 atom stereocenters. The Morgan fingerprint density at radius 1 is 1.60 bits per heavy atom.